The van der Waals surface area contributed by atoms with Gasteiger partial charge in [0.1, 0.15) is 0 Å². The molecule has 3 aliphatic rings. The first kappa shape index (κ1) is 34.5. The molecule has 3 saturated carbocycles. The Morgan fingerprint density at radius 1 is 0.846 bits per heavy atom. The summed E-state index contributed by atoms with van der Waals surface area (Å²) in [5.74, 6) is 6.51. The number of nitrogens with two attached hydrogens (primary N) is 1. The van der Waals surface area contributed by atoms with Gasteiger partial charge in [0.2, 0.25) is 0 Å². The van der Waals surface area contributed by atoms with E-state index in [0.29, 0.717) is 11.3 Å². The topological polar surface area (TPSA) is 26.0 Å². The zero-order valence-corrected chi connectivity index (χ0v) is 28.3. The molecule has 1 aromatic rings. The Hall–Kier alpha value is -0.690. The molecule has 2 N–H and O–H groups in total. The van der Waals surface area contributed by atoms with E-state index in [-0.39, 0.29) is 0 Å². The number of benzene rings is 1. The zero-order chi connectivity index (χ0) is 29.2. The van der Waals surface area contributed by atoms with Crippen LogP contribution < -0.4 is 5.73 Å². The SMILES string of the molecule is CC.CCC1CCC(C(C)CC)CC1.Cc1cc(C2CCC(C(C)(C)C3CCC(C)CC3)CC2)cc(Cl)c1N. The normalized spacial score (nSPS) is 30.3. The Kier molecular flexibility index (Phi) is 14.8. The predicted octanol–water partition coefficient (Wildman–Crippen LogP) is 12.6. The van der Waals surface area contributed by atoms with Crippen LogP contribution in [0.1, 0.15) is 162 Å². The molecule has 39 heavy (non-hydrogen) atoms. The van der Waals surface area contributed by atoms with Crippen molar-refractivity contribution in [2.75, 3.05) is 5.73 Å². The summed E-state index contributed by atoms with van der Waals surface area (Å²) >= 11 is 6.33. The van der Waals surface area contributed by atoms with E-state index in [0.717, 1.165) is 51.8 Å². The Bertz CT molecular complexity index is 782. The lowest BCUT2D eigenvalue weighted by atomic mass is 9.59. The van der Waals surface area contributed by atoms with Crippen molar-refractivity contribution in [1.29, 1.82) is 0 Å². The molecule has 0 amide bonds. The smallest absolute Gasteiger partial charge is 0.0641 e. The minimum absolute atomic E-state index is 0.500. The van der Waals surface area contributed by atoms with Crippen molar-refractivity contribution in [2.24, 2.45) is 40.9 Å². The van der Waals surface area contributed by atoms with E-state index in [1.165, 1.54) is 95.5 Å². The molecule has 1 atom stereocenters. The van der Waals surface area contributed by atoms with Crippen LogP contribution in [0, 0.1) is 47.8 Å². The second-order valence-electron chi connectivity index (χ2n) is 14.1. The van der Waals surface area contributed by atoms with Crippen molar-refractivity contribution in [2.45, 2.75) is 158 Å². The summed E-state index contributed by atoms with van der Waals surface area (Å²) < 4.78 is 0. The highest BCUT2D eigenvalue weighted by molar-refractivity contribution is 6.33. The molecule has 2 heteroatoms. The monoisotopic (exact) mass is 559 g/mol. The van der Waals surface area contributed by atoms with Crippen LogP contribution in [0.2, 0.25) is 5.02 Å². The van der Waals surface area contributed by atoms with Gasteiger partial charge in [-0.2, -0.15) is 0 Å². The maximum Gasteiger partial charge on any atom is 0.0641 e. The van der Waals surface area contributed by atoms with Crippen LogP contribution in [-0.2, 0) is 0 Å². The molecule has 226 valence electrons. The first-order valence-corrected chi connectivity index (χ1v) is 17.5. The van der Waals surface area contributed by atoms with Gasteiger partial charge in [-0.05, 0) is 122 Å². The number of aryl methyl sites for hydroxylation is 1. The highest BCUT2D eigenvalue weighted by atomic mass is 35.5. The standard InChI is InChI=1S/C23H36ClN.C12H24.C2H6/c1-15-5-9-19(10-6-15)23(3,4)20-11-7-17(8-12-20)18-13-16(2)22(25)21(24)14-18;1-4-10(3)12-8-6-11(5-2)7-9-12;1-2/h13-15,17,19-20H,5-12,25H2,1-4H3;10-12H,4-9H2,1-3H3;1-2H3. The van der Waals surface area contributed by atoms with Crippen molar-refractivity contribution in [3.63, 3.8) is 0 Å². The van der Waals surface area contributed by atoms with E-state index >= 15 is 0 Å². The molecule has 1 nitrogen and oxygen atoms in total. The van der Waals surface area contributed by atoms with Gasteiger partial charge in [0, 0.05) is 0 Å². The molecule has 0 heterocycles. The fourth-order valence-corrected chi connectivity index (χ4v) is 8.30. The summed E-state index contributed by atoms with van der Waals surface area (Å²) in [6.07, 6.45) is 19.9. The third-order valence-electron chi connectivity index (χ3n) is 11.6. The number of hydrogen-bond acceptors (Lipinski definition) is 1. The van der Waals surface area contributed by atoms with Crippen LogP contribution in [0.4, 0.5) is 5.69 Å². The first-order chi connectivity index (χ1) is 18.6. The second-order valence-corrected chi connectivity index (χ2v) is 14.5. The van der Waals surface area contributed by atoms with Crippen LogP contribution >= 0.6 is 11.6 Å². The van der Waals surface area contributed by atoms with Gasteiger partial charge in [0.05, 0.1) is 10.7 Å². The molecule has 0 saturated heterocycles. The van der Waals surface area contributed by atoms with Crippen molar-refractivity contribution >= 4 is 17.3 Å². The van der Waals surface area contributed by atoms with Crippen molar-refractivity contribution in [3.05, 3.63) is 28.3 Å². The quantitative estimate of drug-likeness (QED) is 0.344. The van der Waals surface area contributed by atoms with E-state index in [2.05, 4.69) is 60.6 Å². The molecule has 3 aliphatic carbocycles. The number of nitrogen functional groups attached to an aromatic ring is 1. The van der Waals surface area contributed by atoms with Crippen LogP contribution in [0.5, 0.6) is 0 Å². The summed E-state index contributed by atoms with van der Waals surface area (Å²) in [7, 11) is 0. The van der Waals surface area contributed by atoms with Gasteiger partial charge < -0.3 is 5.73 Å². The van der Waals surface area contributed by atoms with Crippen LogP contribution in [0.15, 0.2) is 12.1 Å². The minimum atomic E-state index is 0.500. The van der Waals surface area contributed by atoms with Gasteiger partial charge in [-0.15, -0.1) is 0 Å². The molecule has 1 aromatic carbocycles. The molecule has 0 bridgehead atoms. The molecule has 4 rings (SSSR count). The summed E-state index contributed by atoms with van der Waals surface area (Å²) in [5.41, 5.74) is 9.79. The summed E-state index contributed by atoms with van der Waals surface area (Å²) in [6, 6.07) is 4.38. The molecule has 1 unspecified atom stereocenters. The lowest BCUT2D eigenvalue weighted by Crippen LogP contribution is -2.36. The van der Waals surface area contributed by atoms with E-state index in [1.54, 1.807) is 0 Å². The predicted molar refractivity (Wildman–Crippen MR) is 177 cm³/mol. The first-order valence-electron chi connectivity index (χ1n) is 17.1. The zero-order valence-electron chi connectivity index (χ0n) is 27.6. The molecule has 0 aliphatic heterocycles. The summed E-state index contributed by atoms with van der Waals surface area (Å²) in [6.45, 7) is 20.7. The van der Waals surface area contributed by atoms with Crippen LogP contribution in [0.25, 0.3) is 0 Å². The van der Waals surface area contributed by atoms with Gasteiger partial charge in [0.15, 0.2) is 0 Å². The number of hydrogen-bond donors (Lipinski definition) is 1. The van der Waals surface area contributed by atoms with Crippen LogP contribution in [-0.4, -0.2) is 0 Å². The Balaban J connectivity index is 0.000000320. The number of halogens is 1. The van der Waals surface area contributed by atoms with E-state index in [9.17, 15) is 0 Å². The molecular formula is C37H66ClN. The van der Waals surface area contributed by atoms with Gasteiger partial charge in [0.25, 0.3) is 0 Å². The average molecular weight is 560 g/mol. The maximum atomic E-state index is 6.33. The number of rotatable bonds is 6. The van der Waals surface area contributed by atoms with Crippen LogP contribution in [0.3, 0.4) is 0 Å². The van der Waals surface area contributed by atoms with Gasteiger partial charge >= 0.3 is 0 Å². The third kappa shape index (κ3) is 9.68. The Morgan fingerprint density at radius 2 is 1.36 bits per heavy atom. The van der Waals surface area contributed by atoms with Crippen molar-refractivity contribution in [1.82, 2.24) is 0 Å². The maximum absolute atomic E-state index is 6.33. The fraction of sp³-hybridized carbons (Fsp3) is 0.838. The minimum Gasteiger partial charge on any atom is -0.397 e. The van der Waals surface area contributed by atoms with Gasteiger partial charge in [-0.3, -0.25) is 0 Å². The lowest BCUT2D eigenvalue weighted by molar-refractivity contribution is 0.0466. The van der Waals surface area contributed by atoms with E-state index in [4.69, 9.17) is 17.3 Å². The van der Waals surface area contributed by atoms with Gasteiger partial charge in [-0.25, -0.2) is 0 Å². The van der Waals surface area contributed by atoms with E-state index < -0.39 is 0 Å². The summed E-state index contributed by atoms with van der Waals surface area (Å²) in [4.78, 5) is 0. The molecule has 3 fully saturated rings. The van der Waals surface area contributed by atoms with Crippen molar-refractivity contribution < 1.29 is 0 Å². The fourth-order valence-electron chi connectivity index (χ4n) is 8.02. The molecule has 0 aromatic heterocycles. The molecular weight excluding hydrogens is 494 g/mol. The molecule has 0 radical (unpaired) electrons. The lowest BCUT2D eigenvalue weighted by Gasteiger charge is -2.46. The van der Waals surface area contributed by atoms with Crippen molar-refractivity contribution in [3.8, 4) is 0 Å². The molecule has 0 spiro atoms. The highest BCUT2D eigenvalue weighted by Gasteiger charge is 2.40. The highest BCUT2D eigenvalue weighted by Crippen LogP contribution is 2.51. The summed E-state index contributed by atoms with van der Waals surface area (Å²) in [5, 5.41) is 0.730. The average Bonchev–Trinajstić information content (AvgIpc) is 2.97. The largest absolute Gasteiger partial charge is 0.397 e. The van der Waals surface area contributed by atoms with Gasteiger partial charge in [-0.1, -0.05) is 112 Å². The third-order valence-corrected chi connectivity index (χ3v) is 11.9. The number of anilines is 1. The second kappa shape index (κ2) is 16.7. The Labute approximate surface area is 249 Å². The Morgan fingerprint density at radius 3 is 1.82 bits per heavy atom. The van der Waals surface area contributed by atoms with E-state index in [1.807, 2.05) is 13.8 Å².